The van der Waals surface area contributed by atoms with E-state index < -0.39 is 0 Å². The molecule has 0 aromatic heterocycles. The molecule has 0 heterocycles. The first-order chi connectivity index (χ1) is 9.95. The number of carbonyl (C=O) groups is 2. The smallest absolute Gasteiger partial charge is 0.254 e. The number of methoxy groups -OCH3 is 1. The van der Waals surface area contributed by atoms with Crippen LogP contribution in [0.1, 0.15) is 16.8 Å². The lowest BCUT2D eigenvalue weighted by atomic mass is 10.2. The van der Waals surface area contributed by atoms with E-state index in [4.69, 9.17) is 16.3 Å². The Morgan fingerprint density at radius 1 is 1.43 bits per heavy atom. The molecule has 0 spiro atoms. The van der Waals surface area contributed by atoms with Gasteiger partial charge in [-0.05, 0) is 47.2 Å². The number of likely N-dealkylation sites (N-methyl/N-ethyl adjacent to an activating group) is 1. The van der Waals surface area contributed by atoms with Gasteiger partial charge < -0.3 is 15.0 Å². The molecule has 0 aliphatic carbocycles. The summed E-state index contributed by atoms with van der Waals surface area (Å²) in [5.41, 5.74) is 0.468. The van der Waals surface area contributed by atoms with Crippen LogP contribution in [-0.4, -0.2) is 50.6 Å². The second kappa shape index (κ2) is 9.22. The molecule has 2 amide bonds. The van der Waals surface area contributed by atoms with Gasteiger partial charge in [0.1, 0.15) is 0 Å². The van der Waals surface area contributed by atoms with E-state index in [0.717, 1.165) is 9.99 Å². The van der Waals surface area contributed by atoms with E-state index in [0.29, 0.717) is 23.7 Å². The van der Waals surface area contributed by atoms with Crippen molar-refractivity contribution in [3.05, 3.63) is 32.4 Å². The van der Waals surface area contributed by atoms with Gasteiger partial charge in [-0.3, -0.25) is 9.59 Å². The quantitative estimate of drug-likeness (QED) is 0.539. The number of rotatable bonds is 7. The fourth-order valence-corrected chi connectivity index (χ4v) is 2.15. The topological polar surface area (TPSA) is 58.6 Å². The zero-order valence-corrected chi connectivity index (χ0v) is 14.9. The molecule has 0 bridgehead atoms. The number of hydrogen-bond donors (Lipinski definition) is 1. The summed E-state index contributed by atoms with van der Waals surface area (Å²) in [5.74, 6) is -0.432. The molecule has 0 aliphatic heterocycles. The zero-order chi connectivity index (χ0) is 15.8. The Labute approximate surface area is 143 Å². The van der Waals surface area contributed by atoms with Crippen LogP contribution >= 0.6 is 34.2 Å². The predicted octanol–water partition coefficient (Wildman–Crippen LogP) is 2.17. The van der Waals surface area contributed by atoms with Crippen molar-refractivity contribution in [3.8, 4) is 0 Å². The van der Waals surface area contributed by atoms with Crippen LogP contribution in [0.3, 0.4) is 0 Å². The minimum atomic E-state index is -0.236. The molecule has 0 radical (unpaired) electrons. The zero-order valence-electron chi connectivity index (χ0n) is 12.0. The summed E-state index contributed by atoms with van der Waals surface area (Å²) >= 11 is 8.09. The molecular formula is C14H18ClIN2O3. The van der Waals surface area contributed by atoms with Gasteiger partial charge in [-0.2, -0.15) is 0 Å². The van der Waals surface area contributed by atoms with Crippen LogP contribution in [0.2, 0.25) is 5.02 Å². The average molecular weight is 425 g/mol. The van der Waals surface area contributed by atoms with Crippen LogP contribution in [0.15, 0.2) is 18.2 Å². The standard InChI is InChI=1S/C14H18ClIN2O3/c1-18(9-13(19)17-6-3-7-21-2)14(20)10-4-5-12(16)11(15)8-10/h4-5,8H,3,6-7,9H2,1-2H3,(H,17,19). The van der Waals surface area contributed by atoms with Crippen molar-refractivity contribution < 1.29 is 14.3 Å². The Kier molecular flexibility index (Phi) is 7.98. The van der Waals surface area contributed by atoms with E-state index in [9.17, 15) is 9.59 Å². The van der Waals surface area contributed by atoms with Crippen molar-refractivity contribution in [1.82, 2.24) is 10.2 Å². The maximum atomic E-state index is 12.2. The van der Waals surface area contributed by atoms with Crippen LogP contribution < -0.4 is 5.32 Å². The van der Waals surface area contributed by atoms with E-state index >= 15 is 0 Å². The van der Waals surface area contributed by atoms with Crippen LogP contribution in [0.5, 0.6) is 0 Å². The molecule has 7 heteroatoms. The highest BCUT2D eigenvalue weighted by Gasteiger charge is 2.15. The Bertz CT molecular complexity index is 511. The highest BCUT2D eigenvalue weighted by molar-refractivity contribution is 14.1. The third kappa shape index (κ3) is 6.19. The van der Waals surface area contributed by atoms with E-state index in [1.807, 2.05) is 0 Å². The van der Waals surface area contributed by atoms with E-state index in [1.165, 1.54) is 4.90 Å². The minimum absolute atomic E-state index is 0.00935. The van der Waals surface area contributed by atoms with E-state index in [-0.39, 0.29) is 18.4 Å². The molecule has 0 unspecified atom stereocenters. The fraction of sp³-hybridized carbons (Fsp3) is 0.429. The lowest BCUT2D eigenvalue weighted by Gasteiger charge is -2.17. The Morgan fingerprint density at radius 2 is 2.14 bits per heavy atom. The Hall–Kier alpha value is -0.860. The Morgan fingerprint density at radius 3 is 2.76 bits per heavy atom. The first-order valence-corrected chi connectivity index (χ1v) is 7.87. The monoisotopic (exact) mass is 424 g/mol. The van der Waals surface area contributed by atoms with Crippen molar-refractivity contribution in [2.45, 2.75) is 6.42 Å². The number of ether oxygens (including phenoxy) is 1. The second-order valence-corrected chi connectivity index (χ2v) is 6.06. The first-order valence-electron chi connectivity index (χ1n) is 6.42. The number of amides is 2. The number of hydrogen-bond acceptors (Lipinski definition) is 3. The highest BCUT2D eigenvalue weighted by Crippen LogP contribution is 2.20. The van der Waals surface area contributed by atoms with Gasteiger partial charge in [0.2, 0.25) is 5.91 Å². The van der Waals surface area contributed by atoms with Crippen molar-refractivity contribution in [3.63, 3.8) is 0 Å². The van der Waals surface area contributed by atoms with Crippen molar-refractivity contribution >= 4 is 46.0 Å². The lowest BCUT2D eigenvalue weighted by molar-refractivity contribution is -0.121. The van der Waals surface area contributed by atoms with E-state index in [2.05, 4.69) is 27.9 Å². The van der Waals surface area contributed by atoms with Gasteiger partial charge in [0.05, 0.1) is 11.6 Å². The molecule has 0 aliphatic rings. The molecule has 21 heavy (non-hydrogen) atoms. The molecule has 0 fully saturated rings. The van der Waals surface area contributed by atoms with Crippen LogP contribution in [0.4, 0.5) is 0 Å². The number of halogens is 2. The van der Waals surface area contributed by atoms with Crippen molar-refractivity contribution in [2.24, 2.45) is 0 Å². The molecular weight excluding hydrogens is 407 g/mol. The molecule has 1 aromatic carbocycles. The summed E-state index contributed by atoms with van der Waals surface area (Å²) in [6, 6.07) is 5.08. The van der Waals surface area contributed by atoms with Gasteiger partial charge in [-0.1, -0.05) is 11.6 Å². The van der Waals surface area contributed by atoms with Gasteiger partial charge in [-0.25, -0.2) is 0 Å². The number of nitrogens with one attached hydrogen (secondary N) is 1. The summed E-state index contributed by atoms with van der Waals surface area (Å²) in [6.07, 6.45) is 0.743. The summed E-state index contributed by atoms with van der Waals surface area (Å²) in [6.45, 7) is 1.13. The normalized spacial score (nSPS) is 10.3. The van der Waals surface area contributed by atoms with E-state index in [1.54, 1.807) is 32.4 Å². The molecule has 116 valence electrons. The van der Waals surface area contributed by atoms with Crippen molar-refractivity contribution in [1.29, 1.82) is 0 Å². The summed E-state index contributed by atoms with van der Waals surface area (Å²) in [7, 11) is 3.20. The maximum absolute atomic E-state index is 12.2. The number of nitrogens with zero attached hydrogens (tertiary/aromatic N) is 1. The highest BCUT2D eigenvalue weighted by atomic mass is 127. The first kappa shape index (κ1) is 18.2. The molecule has 0 saturated carbocycles. The molecule has 5 nitrogen and oxygen atoms in total. The van der Waals surface area contributed by atoms with Crippen LogP contribution in [-0.2, 0) is 9.53 Å². The largest absolute Gasteiger partial charge is 0.385 e. The molecule has 1 rings (SSSR count). The lowest BCUT2D eigenvalue weighted by Crippen LogP contribution is -2.38. The van der Waals surface area contributed by atoms with Gasteiger partial charge in [0.25, 0.3) is 5.91 Å². The van der Waals surface area contributed by atoms with Gasteiger partial charge in [0, 0.05) is 36.4 Å². The van der Waals surface area contributed by atoms with Gasteiger partial charge in [-0.15, -0.1) is 0 Å². The van der Waals surface area contributed by atoms with Gasteiger partial charge in [0.15, 0.2) is 0 Å². The van der Waals surface area contributed by atoms with Crippen LogP contribution in [0, 0.1) is 3.57 Å². The minimum Gasteiger partial charge on any atom is -0.385 e. The third-order valence-corrected chi connectivity index (χ3v) is 4.31. The van der Waals surface area contributed by atoms with Crippen molar-refractivity contribution in [2.75, 3.05) is 33.9 Å². The number of benzene rings is 1. The third-order valence-electron chi connectivity index (χ3n) is 2.74. The number of carbonyl (C=O) groups excluding carboxylic acids is 2. The maximum Gasteiger partial charge on any atom is 0.254 e. The van der Waals surface area contributed by atoms with Gasteiger partial charge >= 0.3 is 0 Å². The second-order valence-electron chi connectivity index (χ2n) is 4.49. The summed E-state index contributed by atoms with van der Waals surface area (Å²) in [5, 5.41) is 3.26. The Balaban J connectivity index is 2.50. The molecule has 1 aromatic rings. The molecule has 0 atom stereocenters. The average Bonchev–Trinajstić information content (AvgIpc) is 2.45. The summed E-state index contributed by atoms with van der Waals surface area (Å²) in [4.78, 5) is 25.3. The summed E-state index contributed by atoms with van der Waals surface area (Å²) < 4.78 is 5.77. The fourth-order valence-electron chi connectivity index (χ4n) is 1.64. The molecule has 1 N–H and O–H groups in total. The predicted molar refractivity (Wildman–Crippen MR) is 90.6 cm³/mol. The van der Waals surface area contributed by atoms with Crippen LogP contribution in [0.25, 0.3) is 0 Å². The molecule has 0 saturated heterocycles. The SMILES string of the molecule is COCCCNC(=O)CN(C)C(=O)c1ccc(I)c(Cl)c1.